The minimum Gasteiger partial charge on any atom is -0.462 e. The fourth-order valence-corrected chi connectivity index (χ4v) is 0.666. The Labute approximate surface area is 77.5 Å². The van der Waals surface area contributed by atoms with Crippen molar-refractivity contribution in [2.24, 2.45) is 0 Å². The van der Waals surface area contributed by atoms with Crippen LogP contribution in [0.3, 0.4) is 0 Å². The summed E-state index contributed by atoms with van der Waals surface area (Å²) in [6.45, 7) is 7.46. The summed E-state index contributed by atoms with van der Waals surface area (Å²) >= 11 is 0. The molecule has 0 unspecified atom stereocenters. The van der Waals surface area contributed by atoms with Gasteiger partial charge in [0, 0.05) is 12.6 Å². The Morgan fingerprint density at radius 3 is 2.62 bits per heavy atom. The Balaban J connectivity index is 3.44. The number of esters is 1. The number of nitrogens with zero attached hydrogens (tertiary/aromatic N) is 1. The zero-order valence-corrected chi connectivity index (χ0v) is 7.44. The summed E-state index contributed by atoms with van der Waals surface area (Å²) in [4.78, 5) is 22.2. The van der Waals surface area contributed by atoms with Crippen molar-refractivity contribution in [3.8, 4) is 0 Å². The predicted molar refractivity (Wildman–Crippen MR) is 48.7 cm³/mol. The largest absolute Gasteiger partial charge is 0.462 e. The highest BCUT2D eigenvalue weighted by Crippen LogP contribution is 1.90. The van der Waals surface area contributed by atoms with Gasteiger partial charge in [0.05, 0.1) is 6.61 Å². The zero-order valence-electron chi connectivity index (χ0n) is 7.44. The van der Waals surface area contributed by atoms with Crippen molar-refractivity contribution in [3.63, 3.8) is 0 Å². The lowest BCUT2D eigenvalue weighted by Crippen LogP contribution is -2.17. The molecule has 4 heteroatoms. The maximum atomic E-state index is 10.6. The predicted octanol–water partition coefficient (Wildman–Crippen LogP) is 0.708. The molecule has 72 valence electrons. The smallest absolute Gasteiger partial charge is 0.330 e. The molecule has 0 rings (SSSR count). The Morgan fingerprint density at radius 1 is 1.46 bits per heavy atom. The van der Waals surface area contributed by atoms with E-state index in [-0.39, 0.29) is 6.61 Å². The van der Waals surface area contributed by atoms with Crippen molar-refractivity contribution in [3.05, 3.63) is 25.4 Å². The summed E-state index contributed by atoms with van der Waals surface area (Å²) in [6, 6.07) is 0. The van der Waals surface area contributed by atoms with Crippen LogP contribution in [0, 0.1) is 0 Å². The molecular weight excluding hydrogens is 170 g/mol. The molecule has 0 aliphatic carbocycles. The average molecular weight is 183 g/mol. The number of rotatable bonds is 7. The van der Waals surface area contributed by atoms with Crippen molar-refractivity contribution in [1.82, 2.24) is 4.90 Å². The van der Waals surface area contributed by atoms with E-state index in [4.69, 9.17) is 4.74 Å². The number of hydrogen-bond acceptors (Lipinski definition) is 3. The first-order valence-electron chi connectivity index (χ1n) is 3.87. The van der Waals surface area contributed by atoms with Crippen LogP contribution in [0.2, 0.25) is 0 Å². The third-order valence-corrected chi connectivity index (χ3v) is 1.34. The highest BCUT2D eigenvalue weighted by atomic mass is 16.5. The molecule has 0 bridgehead atoms. The van der Waals surface area contributed by atoms with Gasteiger partial charge >= 0.3 is 5.97 Å². The quantitative estimate of drug-likeness (QED) is 0.253. The number of ether oxygens (including phenoxy) is 1. The third-order valence-electron chi connectivity index (χ3n) is 1.34. The van der Waals surface area contributed by atoms with Gasteiger partial charge in [-0.05, 0) is 12.6 Å². The van der Waals surface area contributed by atoms with E-state index in [0.29, 0.717) is 19.4 Å². The molecule has 0 aromatic carbocycles. The van der Waals surface area contributed by atoms with E-state index in [1.807, 2.05) is 0 Å². The van der Waals surface area contributed by atoms with E-state index in [1.165, 1.54) is 11.1 Å². The van der Waals surface area contributed by atoms with Gasteiger partial charge in [0.25, 0.3) is 0 Å². The molecule has 1 amide bonds. The second-order valence-corrected chi connectivity index (χ2v) is 2.25. The first-order valence-corrected chi connectivity index (χ1v) is 3.87. The summed E-state index contributed by atoms with van der Waals surface area (Å²) in [5, 5.41) is 0. The first kappa shape index (κ1) is 11.4. The van der Waals surface area contributed by atoms with Gasteiger partial charge in [-0.2, -0.15) is 0 Å². The normalized spacial score (nSPS) is 8.62. The van der Waals surface area contributed by atoms with Gasteiger partial charge in [-0.3, -0.25) is 4.79 Å². The van der Waals surface area contributed by atoms with Crippen molar-refractivity contribution >= 4 is 12.4 Å². The van der Waals surface area contributed by atoms with Gasteiger partial charge in [-0.25, -0.2) is 4.79 Å². The van der Waals surface area contributed by atoms with Crippen molar-refractivity contribution < 1.29 is 14.3 Å². The number of carbonyl (C=O) groups excluding carboxylic acids is 2. The maximum absolute atomic E-state index is 10.6. The lowest BCUT2D eigenvalue weighted by Gasteiger charge is -2.10. The van der Waals surface area contributed by atoms with E-state index < -0.39 is 5.97 Å². The number of carbonyl (C=O) groups is 2. The van der Waals surface area contributed by atoms with Gasteiger partial charge in [0.15, 0.2) is 0 Å². The van der Waals surface area contributed by atoms with Gasteiger partial charge in [-0.15, -0.1) is 0 Å². The van der Waals surface area contributed by atoms with E-state index in [1.54, 1.807) is 0 Å². The molecule has 0 N–H and O–H groups in total. The van der Waals surface area contributed by atoms with E-state index in [9.17, 15) is 9.59 Å². The molecule has 0 aliphatic heterocycles. The van der Waals surface area contributed by atoms with Crippen LogP contribution < -0.4 is 0 Å². The summed E-state index contributed by atoms with van der Waals surface area (Å²) in [5.74, 6) is -0.448. The second kappa shape index (κ2) is 7.09. The lowest BCUT2D eigenvalue weighted by molar-refractivity contribution is -0.137. The molecule has 0 atom stereocenters. The van der Waals surface area contributed by atoms with Gasteiger partial charge in [0.1, 0.15) is 0 Å². The van der Waals surface area contributed by atoms with Crippen LogP contribution in [0.15, 0.2) is 25.4 Å². The molecule has 0 heterocycles. The summed E-state index contributed by atoms with van der Waals surface area (Å²) in [7, 11) is 0. The monoisotopic (exact) mass is 183 g/mol. The highest BCUT2D eigenvalue weighted by Gasteiger charge is 1.97. The Bertz CT molecular complexity index is 193. The molecular formula is C9H13NO3. The van der Waals surface area contributed by atoms with E-state index >= 15 is 0 Å². The topological polar surface area (TPSA) is 46.6 Å². The third kappa shape index (κ3) is 5.66. The van der Waals surface area contributed by atoms with Crippen LogP contribution >= 0.6 is 0 Å². The minimum absolute atomic E-state index is 0.281. The standard InChI is InChI=1S/C9H13NO3/c1-3-9(12)13-7-5-6-10(4-2)8-11/h3-4,8H,1-2,5-7H2. The Hall–Kier alpha value is -1.58. The molecule has 0 radical (unpaired) electrons. The van der Waals surface area contributed by atoms with Crippen molar-refractivity contribution in [2.45, 2.75) is 6.42 Å². The summed E-state index contributed by atoms with van der Waals surface area (Å²) in [6.07, 6.45) is 3.78. The highest BCUT2D eigenvalue weighted by molar-refractivity contribution is 5.81. The van der Waals surface area contributed by atoms with Crippen LogP contribution in [0.1, 0.15) is 6.42 Å². The average Bonchev–Trinajstić information content (AvgIpc) is 2.18. The van der Waals surface area contributed by atoms with Crippen LogP contribution in [0.5, 0.6) is 0 Å². The Kier molecular flexibility index (Phi) is 6.23. The van der Waals surface area contributed by atoms with E-state index in [2.05, 4.69) is 13.2 Å². The molecule has 0 saturated heterocycles. The van der Waals surface area contributed by atoms with Crippen LogP contribution in [0.25, 0.3) is 0 Å². The molecule has 13 heavy (non-hydrogen) atoms. The fourth-order valence-electron chi connectivity index (χ4n) is 0.666. The molecule has 0 spiro atoms. The fraction of sp³-hybridized carbons (Fsp3) is 0.333. The molecule has 0 aromatic rings. The molecule has 0 aromatic heterocycles. The van der Waals surface area contributed by atoms with Crippen molar-refractivity contribution in [1.29, 1.82) is 0 Å². The first-order chi connectivity index (χ1) is 6.24. The SMILES string of the molecule is C=CC(=O)OCCCN(C=C)C=O. The van der Waals surface area contributed by atoms with Crippen molar-refractivity contribution in [2.75, 3.05) is 13.2 Å². The van der Waals surface area contributed by atoms with Crippen LogP contribution in [-0.2, 0) is 14.3 Å². The van der Waals surface area contributed by atoms with Gasteiger partial charge < -0.3 is 9.64 Å². The molecule has 0 aliphatic rings. The second-order valence-electron chi connectivity index (χ2n) is 2.25. The minimum atomic E-state index is -0.448. The number of hydrogen-bond donors (Lipinski definition) is 0. The van der Waals surface area contributed by atoms with Gasteiger partial charge in [-0.1, -0.05) is 13.2 Å². The number of amides is 1. The molecule has 0 saturated carbocycles. The molecule has 0 fully saturated rings. The van der Waals surface area contributed by atoms with E-state index in [0.717, 1.165) is 6.08 Å². The lowest BCUT2D eigenvalue weighted by atomic mass is 10.4. The maximum Gasteiger partial charge on any atom is 0.330 e. The summed E-state index contributed by atoms with van der Waals surface area (Å²) < 4.78 is 4.70. The Morgan fingerprint density at radius 2 is 2.15 bits per heavy atom. The summed E-state index contributed by atoms with van der Waals surface area (Å²) in [5.41, 5.74) is 0. The van der Waals surface area contributed by atoms with Crippen LogP contribution in [0.4, 0.5) is 0 Å². The molecule has 4 nitrogen and oxygen atoms in total. The zero-order chi connectivity index (χ0) is 10.1. The van der Waals surface area contributed by atoms with Crippen LogP contribution in [-0.4, -0.2) is 30.4 Å². The van der Waals surface area contributed by atoms with Gasteiger partial charge in [0.2, 0.25) is 6.41 Å².